The molecule has 0 atom stereocenters. The van der Waals surface area contributed by atoms with Crippen molar-refractivity contribution in [2.24, 2.45) is 0 Å². The maximum Gasteiger partial charge on any atom is 0.409 e. The number of nitrogens with one attached hydrogen (secondary N) is 1. The molecule has 1 aliphatic heterocycles. The molecule has 8 heteroatoms. The Balaban J connectivity index is 1.69. The van der Waals surface area contributed by atoms with Crippen molar-refractivity contribution in [2.75, 3.05) is 19.7 Å². The van der Waals surface area contributed by atoms with Crippen molar-refractivity contribution in [3.8, 4) is 11.3 Å². The van der Waals surface area contributed by atoms with Crippen LogP contribution in [-0.2, 0) is 4.74 Å². The van der Waals surface area contributed by atoms with Crippen LogP contribution in [0.2, 0.25) is 5.02 Å². The topological polar surface area (TPSA) is 84.7 Å². The normalized spacial score (nSPS) is 14.9. The van der Waals surface area contributed by atoms with Crippen LogP contribution < -0.4 is 5.32 Å². The molecule has 0 spiro atoms. The Morgan fingerprint density at radius 1 is 1.33 bits per heavy atom. The zero-order valence-electron chi connectivity index (χ0n) is 15.3. The third kappa shape index (κ3) is 4.24. The van der Waals surface area contributed by atoms with Gasteiger partial charge in [-0.05, 0) is 32.8 Å². The second kappa shape index (κ2) is 8.43. The summed E-state index contributed by atoms with van der Waals surface area (Å²) in [5, 5.41) is 7.55. The van der Waals surface area contributed by atoms with E-state index in [1.807, 2.05) is 12.1 Å². The van der Waals surface area contributed by atoms with Crippen LogP contribution >= 0.6 is 11.6 Å². The summed E-state index contributed by atoms with van der Waals surface area (Å²) in [6, 6.07) is 7.16. The third-order valence-corrected chi connectivity index (χ3v) is 4.90. The molecular weight excluding hydrogens is 370 g/mol. The number of benzene rings is 1. The summed E-state index contributed by atoms with van der Waals surface area (Å²) in [6.45, 7) is 4.93. The van der Waals surface area contributed by atoms with Crippen molar-refractivity contribution in [2.45, 2.75) is 32.7 Å². The van der Waals surface area contributed by atoms with Gasteiger partial charge in [0.15, 0.2) is 0 Å². The number of aromatic nitrogens is 1. The summed E-state index contributed by atoms with van der Waals surface area (Å²) < 4.78 is 10.3. The summed E-state index contributed by atoms with van der Waals surface area (Å²) in [5.41, 5.74) is 1.47. The number of carbonyl (C=O) groups excluding carboxylic acids is 2. The second-order valence-electron chi connectivity index (χ2n) is 6.38. The van der Waals surface area contributed by atoms with E-state index in [0.29, 0.717) is 60.1 Å². The Kier molecular flexibility index (Phi) is 6.01. The van der Waals surface area contributed by atoms with E-state index in [9.17, 15) is 9.59 Å². The molecule has 1 aliphatic rings. The van der Waals surface area contributed by atoms with Gasteiger partial charge < -0.3 is 19.5 Å². The molecule has 3 rings (SSSR count). The highest BCUT2D eigenvalue weighted by Crippen LogP contribution is 2.31. The molecule has 0 aliphatic carbocycles. The number of ether oxygens (including phenoxy) is 1. The van der Waals surface area contributed by atoms with Crippen LogP contribution in [0.1, 0.15) is 35.9 Å². The lowest BCUT2D eigenvalue weighted by atomic mass is 10.0. The molecule has 1 aromatic carbocycles. The fraction of sp³-hybridized carbons (Fsp3) is 0.421. The highest BCUT2D eigenvalue weighted by molar-refractivity contribution is 6.33. The lowest BCUT2D eigenvalue weighted by molar-refractivity contribution is 0.0859. The Morgan fingerprint density at radius 3 is 2.70 bits per heavy atom. The number of carbonyl (C=O) groups is 2. The molecular formula is C19H22ClN3O4. The van der Waals surface area contributed by atoms with Crippen LogP contribution in [0.3, 0.4) is 0 Å². The first-order valence-corrected chi connectivity index (χ1v) is 9.32. The molecule has 0 saturated carbocycles. The molecule has 27 heavy (non-hydrogen) atoms. The number of piperidine rings is 1. The smallest absolute Gasteiger partial charge is 0.409 e. The van der Waals surface area contributed by atoms with Gasteiger partial charge in [-0.3, -0.25) is 4.79 Å². The molecule has 1 aromatic heterocycles. The second-order valence-corrected chi connectivity index (χ2v) is 6.78. The van der Waals surface area contributed by atoms with Gasteiger partial charge in [0, 0.05) is 24.7 Å². The molecule has 2 amide bonds. The monoisotopic (exact) mass is 391 g/mol. The van der Waals surface area contributed by atoms with Crippen LogP contribution in [0, 0.1) is 6.92 Å². The molecule has 0 unspecified atom stereocenters. The lowest BCUT2D eigenvalue weighted by Gasteiger charge is -2.31. The summed E-state index contributed by atoms with van der Waals surface area (Å²) in [6.07, 6.45) is 1.02. The molecule has 2 aromatic rings. The highest BCUT2D eigenvalue weighted by atomic mass is 35.5. The number of likely N-dealkylation sites (tertiary alicyclic amines) is 1. The third-order valence-electron chi connectivity index (χ3n) is 4.57. The first-order valence-electron chi connectivity index (χ1n) is 8.95. The van der Waals surface area contributed by atoms with Crippen molar-refractivity contribution >= 4 is 23.6 Å². The number of halogens is 1. The minimum atomic E-state index is -0.307. The average Bonchev–Trinajstić information content (AvgIpc) is 3.04. The van der Waals surface area contributed by atoms with E-state index in [-0.39, 0.29) is 18.0 Å². The van der Waals surface area contributed by atoms with Crippen molar-refractivity contribution < 1.29 is 18.8 Å². The van der Waals surface area contributed by atoms with Crippen LogP contribution in [0.15, 0.2) is 28.8 Å². The maximum absolute atomic E-state index is 12.9. The standard InChI is InChI=1S/C19H22ClN3O4/c1-3-26-19(25)23-10-8-13(9-11-23)21-18(24)16-12(2)27-22-17(16)14-6-4-5-7-15(14)20/h4-7,13H,3,8-11H2,1-2H3,(H,21,24). The Bertz CT molecular complexity index is 828. The van der Waals surface area contributed by atoms with E-state index in [1.54, 1.807) is 30.9 Å². The summed E-state index contributed by atoms with van der Waals surface area (Å²) in [4.78, 5) is 26.3. The minimum absolute atomic E-state index is 0.0310. The van der Waals surface area contributed by atoms with Gasteiger partial charge in [0.05, 0.1) is 11.6 Å². The fourth-order valence-corrected chi connectivity index (χ4v) is 3.38. The van der Waals surface area contributed by atoms with Gasteiger partial charge in [0.2, 0.25) is 0 Å². The van der Waals surface area contributed by atoms with Gasteiger partial charge in [0.1, 0.15) is 17.0 Å². The summed E-state index contributed by atoms with van der Waals surface area (Å²) in [5.74, 6) is 0.185. The molecule has 1 fully saturated rings. The minimum Gasteiger partial charge on any atom is -0.450 e. The number of hydrogen-bond donors (Lipinski definition) is 1. The van der Waals surface area contributed by atoms with Crippen molar-refractivity contribution in [3.63, 3.8) is 0 Å². The van der Waals surface area contributed by atoms with Crippen molar-refractivity contribution in [3.05, 3.63) is 40.6 Å². The fourth-order valence-electron chi connectivity index (χ4n) is 3.16. The van der Waals surface area contributed by atoms with E-state index >= 15 is 0 Å². The first kappa shape index (κ1) is 19.2. The molecule has 0 bridgehead atoms. The Hall–Kier alpha value is -2.54. The highest BCUT2D eigenvalue weighted by Gasteiger charge is 2.28. The average molecular weight is 392 g/mol. The van der Waals surface area contributed by atoms with Gasteiger partial charge in [-0.25, -0.2) is 4.79 Å². The predicted molar refractivity (Wildman–Crippen MR) is 101 cm³/mol. The van der Waals surface area contributed by atoms with E-state index in [4.69, 9.17) is 20.9 Å². The molecule has 1 saturated heterocycles. The van der Waals surface area contributed by atoms with E-state index in [0.717, 1.165) is 0 Å². The van der Waals surface area contributed by atoms with Crippen LogP contribution in [0.5, 0.6) is 0 Å². The van der Waals surface area contributed by atoms with E-state index in [1.165, 1.54) is 0 Å². The quantitative estimate of drug-likeness (QED) is 0.859. The van der Waals surface area contributed by atoms with Gasteiger partial charge in [-0.1, -0.05) is 35.0 Å². The molecule has 144 valence electrons. The Labute approximate surface area is 162 Å². The largest absolute Gasteiger partial charge is 0.450 e. The molecule has 7 nitrogen and oxygen atoms in total. The van der Waals surface area contributed by atoms with Gasteiger partial charge in [-0.2, -0.15) is 0 Å². The SMILES string of the molecule is CCOC(=O)N1CCC(NC(=O)c2c(-c3ccccc3Cl)noc2C)CC1. The predicted octanol–water partition coefficient (Wildman–Crippen LogP) is 3.65. The van der Waals surface area contributed by atoms with E-state index < -0.39 is 0 Å². The molecule has 1 N–H and O–H groups in total. The van der Waals surface area contributed by atoms with Gasteiger partial charge in [-0.15, -0.1) is 0 Å². The van der Waals surface area contributed by atoms with E-state index in [2.05, 4.69) is 10.5 Å². The number of rotatable bonds is 4. The number of hydrogen-bond acceptors (Lipinski definition) is 5. The summed E-state index contributed by atoms with van der Waals surface area (Å²) >= 11 is 6.25. The zero-order valence-corrected chi connectivity index (χ0v) is 16.1. The lowest BCUT2D eigenvalue weighted by Crippen LogP contribution is -2.46. The van der Waals surface area contributed by atoms with Crippen LogP contribution in [0.25, 0.3) is 11.3 Å². The summed E-state index contributed by atoms with van der Waals surface area (Å²) in [7, 11) is 0. The number of aryl methyl sites for hydroxylation is 1. The first-order chi connectivity index (χ1) is 13.0. The maximum atomic E-state index is 12.9. The molecule has 2 heterocycles. The number of nitrogens with zero attached hydrogens (tertiary/aromatic N) is 2. The van der Waals surface area contributed by atoms with Gasteiger partial charge >= 0.3 is 6.09 Å². The zero-order chi connectivity index (χ0) is 19.4. The van der Waals surface area contributed by atoms with Crippen LogP contribution in [-0.4, -0.2) is 47.8 Å². The molecule has 0 radical (unpaired) electrons. The van der Waals surface area contributed by atoms with Crippen molar-refractivity contribution in [1.29, 1.82) is 0 Å². The van der Waals surface area contributed by atoms with Crippen molar-refractivity contribution in [1.82, 2.24) is 15.4 Å². The Morgan fingerprint density at radius 2 is 2.04 bits per heavy atom. The number of amides is 2. The van der Waals surface area contributed by atoms with Gasteiger partial charge in [0.25, 0.3) is 5.91 Å². The van der Waals surface area contributed by atoms with Crippen LogP contribution in [0.4, 0.5) is 4.79 Å².